The summed E-state index contributed by atoms with van der Waals surface area (Å²) in [5.74, 6) is 0. The zero-order valence-corrected chi connectivity index (χ0v) is 22.5. The van der Waals surface area contributed by atoms with Crippen molar-refractivity contribution in [1.29, 1.82) is 5.26 Å². The van der Waals surface area contributed by atoms with Gasteiger partial charge in [0.25, 0.3) is 0 Å². The zero-order chi connectivity index (χ0) is 28.2. The van der Waals surface area contributed by atoms with E-state index in [9.17, 15) is 5.26 Å². The monoisotopic (exact) mass is 534 g/mol. The Kier molecular flexibility index (Phi) is 5.22. The van der Waals surface area contributed by atoms with Crippen molar-refractivity contribution in [2.75, 3.05) is 0 Å². The highest BCUT2D eigenvalue weighted by Gasteiger charge is 2.19. The quantitative estimate of drug-likeness (QED) is 0.208. The van der Waals surface area contributed by atoms with Crippen molar-refractivity contribution in [2.45, 2.75) is 0 Å². The summed E-state index contributed by atoms with van der Waals surface area (Å²) in [7, 11) is 0. The summed E-state index contributed by atoms with van der Waals surface area (Å²) in [6.07, 6.45) is 0. The topological polar surface area (TPSA) is 38.0 Å². The molecule has 0 unspecified atom stereocenters. The Hall–Kier alpha value is -6.10. The van der Waals surface area contributed by atoms with E-state index in [0.717, 1.165) is 44.1 Å². The van der Waals surface area contributed by atoms with E-state index in [1.807, 2.05) is 18.2 Å². The lowest BCUT2D eigenvalue weighted by Crippen LogP contribution is -1.98. The van der Waals surface area contributed by atoms with Gasteiger partial charge in [-0.15, -0.1) is 0 Å². The molecule has 0 aliphatic rings. The molecule has 2 heterocycles. The normalized spacial score (nSPS) is 11.3. The molecule has 4 nitrogen and oxygen atoms in total. The molecule has 0 aliphatic carbocycles. The molecular formula is C38H22N4. The average molecular weight is 535 g/mol. The summed E-state index contributed by atoms with van der Waals surface area (Å²) >= 11 is 0. The van der Waals surface area contributed by atoms with E-state index in [0.29, 0.717) is 16.9 Å². The van der Waals surface area contributed by atoms with Gasteiger partial charge in [0.15, 0.2) is 0 Å². The molecule has 0 saturated heterocycles. The average Bonchev–Trinajstić information content (AvgIpc) is 3.56. The van der Waals surface area contributed by atoms with Gasteiger partial charge < -0.3 is 9.13 Å². The third kappa shape index (κ3) is 3.40. The van der Waals surface area contributed by atoms with Crippen molar-refractivity contribution in [3.8, 4) is 28.6 Å². The Morgan fingerprint density at radius 2 is 1.14 bits per heavy atom. The fourth-order valence-corrected chi connectivity index (χ4v) is 6.35. The second-order valence-corrected chi connectivity index (χ2v) is 10.4. The van der Waals surface area contributed by atoms with Crippen molar-refractivity contribution in [2.24, 2.45) is 0 Å². The molecule has 6 aromatic carbocycles. The molecule has 0 N–H and O–H groups in total. The Labute approximate surface area is 242 Å². The Bertz CT molecular complexity index is 2400. The molecule has 4 heteroatoms. The summed E-state index contributed by atoms with van der Waals surface area (Å²) < 4.78 is 4.40. The van der Waals surface area contributed by atoms with Crippen LogP contribution in [-0.2, 0) is 0 Å². The van der Waals surface area contributed by atoms with Crippen LogP contribution in [0.3, 0.4) is 0 Å². The maximum atomic E-state index is 10.0. The van der Waals surface area contributed by atoms with Gasteiger partial charge in [-0.1, -0.05) is 84.9 Å². The fourth-order valence-electron chi connectivity index (χ4n) is 6.35. The standard InChI is InChI=1S/C38H22N4/c1-40-33-15-9-10-27(24-39)38(33)42-35-17-8-5-13-29(35)31-20-18-26(23-37(31)42)25-19-21-36-32(22-25)30-14-6-7-16-34(30)41(36)28-11-3-2-4-12-28/h2-23H. The first kappa shape index (κ1) is 23.8. The van der Waals surface area contributed by atoms with Gasteiger partial charge in [0, 0.05) is 27.2 Å². The van der Waals surface area contributed by atoms with Crippen LogP contribution in [0.1, 0.15) is 5.56 Å². The Morgan fingerprint density at radius 3 is 1.90 bits per heavy atom. The van der Waals surface area contributed by atoms with Gasteiger partial charge >= 0.3 is 0 Å². The molecule has 42 heavy (non-hydrogen) atoms. The summed E-state index contributed by atoms with van der Waals surface area (Å²) in [5, 5.41) is 14.6. The van der Waals surface area contributed by atoms with Crippen LogP contribution in [0, 0.1) is 17.9 Å². The van der Waals surface area contributed by atoms with E-state index in [1.54, 1.807) is 18.2 Å². The summed E-state index contributed by atoms with van der Waals surface area (Å²) in [4.78, 5) is 3.80. The highest BCUT2D eigenvalue weighted by atomic mass is 15.0. The molecule has 0 fully saturated rings. The van der Waals surface area contributed by atoms with Crippen LogP contribution in [0.15, 0.2) is 133 Å². The number of hydrogen-bond donors (Lipinski definition) is 0. The number of benzene rings is 6. The van der Waals surface area contributed by atoms with Crippen LogP contribution in [0.2, 0.25) is 0 Å². The summed E-state index contributed by atoms with van der Waals surface area (Å²) in [6.45, 7) is 7.86. The zero-order valence-electron chi connectivity index (χ0n) is 22.5. The van der Waals surface area contributed by atoms with Crippen LogP contribution in [0.5, 0.6) is 0 Å². The number of nitrogens with zero attached hydrogens (tertiary/aromatic N) is 4. The molecule has 0 aliphatic heterocycles. The molecule has 0 spiro atoms. The minimum Gasteiger partial charge on any atom is -0.318 e. The van der Waals surface area contributed by atoms with Crippen molar-refractivity contribution in [3.63, 3.8) is 0 Å². The van der Waals surface area contributed by atoms with E-state index in [4.69, 9.17) is 6.57 Å². The predicted molar refractivity (Wildman–Crippen MR) is 172 cm³/mol. The Balaban J connectivity index is 1.41. The second-order valence-electron chi connectivity index (χ2n) is 10.4. The number of fused-ring (bicyclic) bond motifs is 6. The van der Waals surface area contributed by atoms with Crippen molar-refractivity contribution in [3.05, 3.63) is 150 Å². The third-order valence-corrected chi connectivity index (χ3v) is 8.17. The molecule has 0 radical (unpaired) electrons. The van der Waals surface area contributed by atoms with E-state index in [2.05, 4.69) is 117 Å². The highest BCUT2D eigenvalue weighted by molar-refractivity contribution is 6.12. The molecule has 0 bridgehead atoms. The van der Waals surface area contributed by atoms with Crippen molar-refractivity contribution >= 4 is 49.3 Å². The largest absolute Gasteiger partial charge is 0.318 e. The van der Waals surface area contributed by atoms with Crippen LogP contribution in [0.4, 0.5) is 5.69 Å². The van der Waals surface area contributed by atoms with Crippen LogP contribution in [-0.4, -0.2) is 9.13 Å². The van der Waals surface area contributed by atoms with Crippen LogP contribution in [0.25, 0.3) is 71.0 Å². The molecule has 0 atom stereocenters. The first-order chi connectivity index (χ1) is 20.8. The van der Waals surface area contributed by atoms with Gasteiger partial charge in [-0.2, -0.15) is 5.26 Å². The molecule has 0 saturated carbocycles. The lowest BCUT2D eigenvalue weighted by Gasteiger charge is -2.13. The fraction of sp³-hybridized carbons (Fsp3) is 0. The highest BCUT2D eigenvalue weighted by Crippen LogP contribution is 2.40. The molecule has 8 rings (SSSR count). The van der Waals surface area contributed by atoms with E-state index >= 15 is 0 Å². The van der Waals surface area contributed by atoms with E-state index in [-0.39, 0.29) is 0 Å². The third-order valence-electron chi connectivity index (χ3n) is 8.17. The number of aromatic nitrogens is 2. The number of hydrogen-bond acceptors (Lipinski definition) is 1. The number of rotatable bonds is 3. The van der Waals surface area contributed by atoms with Crippen LogP contribution < -0.4 is 0 Å². The summed E-state index contributed by atoms with van der Waals surface area (Å²) in [6, 6.07) is 48.0. The molecular weight excluding hydrogens is 512 g/mol. The van der Waals surface area contributed by atoms with Gasteiger partial charge in [0.2, 0.25) is 5.69 Å². The minimum atomic E-state index is 0.456. The first-order valence-electron chi connectivity index (χ1n) is 13.8. The van der Waals surface area contributed by atoms with E-state index < -0.39 is 0 Å². The lowest BCUT2D eigenvalue weighted by molar-refractivity contribution is 1.17. The van der Waals surface area contributed by atoms with Gasteiger partial charge in [-0.05, 0) is 59.7 Å². The SMILES string of the molecule is [C-]#[N+]c1cccc(C#N)c1-n1c2ccccc2c2ccc(-c3ccc4c(c3)c3ccccc3n4-c3ccccc3)cc21. The van der Waals surface area contributed by atoms with Gasteiger partial charge in [-0.3, -0.25) is 0 Å². The predicted octanol–water partition coefficient (Wildman–Crippen LogP) is 9.97. The van der Waals surface area contributed by atoms with Crippen molar-refractivity contribution < 1.29 is 0 Å². The van der Waals surface area contributed by atoms with Gasteiger partial charge in [-0.25, -0.2) is 4.85 Å². The summed E-state index contributed by atoms with van der Waals surface area (Å²) in [5.41, 5.74) is 9.14. The Morgan fingerprint density at radius 1 is 0.524 bits per heavy atom. The number of para-hydroxylation sites is 4. The molecule has 8 aromatic rings. The smallest absolute Gasteiger partial charge is 0.211 e. The number of nitriles is 1. The van der Waals surface area contributed by atoms with E-state index in [1.165, 1.54) is 16.3 Å². The molecule has 0 amide bonds. The second kappa shape index (κ2) is 9.24. The van der Waals surface area contributed by atoms with Gasteiger partial charge in [0.1, 0.15) is 0 Å². The minimum absolute atomic E-state index is 0.456. The maximum absolute atomic E-state index is 10.0. The lowest BCUT2D eigenvalue weighted by atomic mass is 10.0. The van der Waals surface area contributed by atoms with Gasteiger partial charge in [0.05, 0.1) is 46.0 Å². The molecule has 2 aromatic heterocycles. The molecule has 194 valence electrons. The van der Waals surface area contributed by atoms with Crippen LogP contribution >= 0.6 is 0 Å². The first-order valence-corrected chi connectivity index (χ1v) is 13.8. The van der Waals surface area contributed by atoms with Crippen molar-refractivity contribution in [1.82, 2.24) is 9.13 Å². The maximum Gasteiger partial charge on any atom is 0.211 e.